The van der Waals surface area contributed by atoms with Gasteiger partial charge >= 0.3 is 0 Å². The van der Waals surface area contributed by atoms with Crippen LogP contribution in [-0.4, -0.2) is 48.0 Å². The van der Waals surface area contributed by atoms with E-state index in [4.69, 9.17) is 0 Å². The summed E-state index contributed by atoms with van der Waals surface area (Å²) in [6.45, 7) is 1.10. The SMILES string of the molecule is O=C(c1ccc(CS(=O)(=O)c2cccc3cccnc23)cc1)N1CCC(O)(C2CC2)CC1. The van der Waals surface area contributed by atoms with E-state index in [1.54, 1.807) is 53.6 Å². The summed E-state index contributed by atoms with van der Waals surface area (Å²) in [5.74, 6) is 0.170. The number of likely N-dealkylation sites (tertiary alicyclic amines) is 1. The van der Waals surface area contributed by atoms with E-state index in [2.05, 4.69) is 4.98 Å². The fourth-order valence-corrected chi connectivity index (χ4v) is 6.21. The Kier molecular flexibility index (Phi) is 5.26. The van der Waals surface area contributed by atoms with Gasteiger partial charge in [-0.3, -0.25) is 9.78 Å². The van der Waals surface area contributed by atoms with Gasteiger partial charge in [0.15, 0.2) is 9.84 Å². The van der Waals surface area contributed by atoms with Gasteiger partial charge in [0.2, 0.25) is 0 Å². The highest BCUT2D eigenvalue weighted by Crippen LogP contribution is 2.45. The summed E-state index contributed by atoms with van der Waals surface area (Å²) < 4.78 is 26.1. The summed E-state index contributed by atoms with van der Waals surface area (Å²) in [6, 6.07) is 15.6. The van der Waals surface area contributed by atoms with Gasteiger partial charge in [0.1, 0.15) is 0 Å². The molecule has 1 aromatic heterocycles. The zero-order valence-electron chi connectivity index (χ0n) is 17.8. The molecule has 1 amide bonds. The highest BCUT2D eigenvalue weighted by atomic mass is 32.2. The number of hydrogen-bond donors (Lipinski definition) is 1. The third-order valence-corrected chi connectivity index (χ3v) is 8.46. The molecule has 1 aliphatic carbocycles. The molecule has 3 aromatic rings. The lowest BCUT2D eigenvalue weighted by atomic mass is 9.86. The molecule has 1 N–H and O–H groups in total. The van der Waals surface area contributed by atoms with Crippen LogP contribution in [0, 0.1) is 5.92 Å². The van der Waals surface area contributed by atoms with Crippen molar-refractivity contribution in [2.45, 2.75) is 41.9 Å². The number of pyridine rings is 1. The molecule has 0 unspecified atom stereocenters. The molecule has 166 valence electrons. The van der Waals surface area contributed by atoms with E-state index in [1.165, 1.54) is 0 Å². The molecule has 0 bridgehead atoms. The van der Waals surface area contributed by atoms with Crippen LogP contribution in [0.5, 0.6) is 0 Å². The largest absolute Gasteiger partial charge is 0.389 e. The Labute approximate surface area is 187 Å². The Morgan fingerprint density at radius 3 is 2.41 bits per heavy atom. The molecule has 0 radical (unpaired) electrons. The zero-order valence-corrected chi connectivity index (χ0v) is 18.6. The number of sulfone groups is 1. The van der Waals surface area contributed by atoms with Gasteiger partial charge in [-0.15, -0.1) is 0 Å². The van der Waals surface area contributed by atoms with E-state index in [0.717, 1.165) is 18.2 Å². The van der Waals surface area contributed by atoms with E-state index in [-0.39, 0.29) is 16.6 Å². The van der Waals surface area contributed by atoms with Gasteiger partial charge in [0.05, 0.1) is 21.8 Å². The van der Waals surface area contributed by atoms with Crippen molar-refractivity contribution in [1.29, 1.82) is 0 Å². The normalized spacial score (nSPS) is 18.6. The lowest BCUT2D eigenvalue weighted by Gasteiger charge is -2.38. The number of benzene rings is 2. The molecule has 2 aromatic carbocycles. The van der Waals surface area contributed by atoms with E-state index in [0.29, 0.717) is 48.5 Å². The van der Waals surface area contributed by atoms with Crippen molar-refractivity contribution >= 4 is 26.6 Å². The number of fused-ring (bicyclic) bond motifs is 1. The van der Waals surface area contributed by atoms with Crippen molar-refractivity contribution in [1.82, 2.24) is 9.88 Å². The average molecular weight is 451 g/mol. The number of carbonyl (C=O) groups is 1. The lowest BCUT2D eigenvalue weighted by Crippen LogP contribution is -2.47. The molecular weight excluding hydrogens is 424 g/mol. The number of amides is 1. The Hall–Kier alpha value is -2.77. The van der Waals surface area contributed by atoms with Crippen molar-refractivity contribution in [3.63, 3.8) is 0 Å². The van der Waals surface area contributed by atoms with Gasteiger partial charge in [-0.2, -0.15) is 0 Å². The predicted molar refractivity (Wildman–Crippen MR) is 122 cm³/mol. The first-order valence-electron chi connectivity index (χ1n) is 11.0. The summed E-state index contributed by atoms with van der Waals surface area (Å²) in [4.78, 5) is 19.1. The maximum Gasteiger partial charge on any atom is 0.253 e. The molecular formula is C25H26N2O4S. The summed E-state index contributed by atoms with van der Waals surface area (Å²) in [5.41, 5.74) is 1.02. The van der Waals surface area contributed by atoms with Gasteiger partial charge in [0.25, 0.3) is 5.91 Å². The average Bonchev–Trinajstić information content (AvgIpc) is 3.65. The summed E-state index contributed by atoms with van der Waals surface area (Å²) in [5, 5.41) is 11.5. The standard InChI is InChI=1S/C25H26N2O4S/c28-24(27-15-12-25(29,13-16-27)21-10-11-21)20-8-6-18(7-9-20)17-32(30,31)22-5-1-3-19-4-2-14-26-23(19)22/h1-9,14,21,29H,10-13,15-17H2. The van der Waals surface area contributed by atoms with Gasteiger partial charge < -0.3 is 10.0 Å². The first kappa shape index (κ1) is 21.1. The van der Waals surface area contributed by atoms with Gasteiger partial charge in [-0.05, 0) is 61.4 Å². The van der Waals surface area contributed by atoms with Crippen molar-refractivity contribution < 1.29 is 18.3 Å². The molecule has 6 nitrogen and oxygen atoms in total. The van der Waals surface area contributed by atoms with Crippen LogP contribution in [-0.2, 0) is 15.6 Å². The lowest BCUT2D eigenvalue weighted by molar-refractivity contribution is -0.0339. The fraction of sp³-hybridized carbons (Fsp3) is 0.360. The number of hydrogen-bond acceptors (Lipinski definition) is 5. The van der Waals surface area contributed by atoms with E-state index in [9.17, 15) is 18.3 Å². The van der Waals surface area contributed by atoms with Crippen LogP contribution in [0.3, 0.4) is 0 Å². The van der Waals surface area contributed by atoms with Crippen LogP contribution in [0.25, 0.3) is 10.9 Å². The Morgan fingerprint density at radius 1 is 1.03 bits per heavy atom. The molecule has 2 aliphatic rings. The first-order chi connectivity index (χ1) is 15.4. The van der Waals surface area contributed by atoms with Gasteiger partial charge in [0, 0.05) is 30.2 Å². The summed E-state index contributed by atoms with van der Waals surface area (Å²) >= 11 is 0. The number of aliphatic hydroxyl groups is 1. The molecule has 1 aliphatic heterocycles. The summed E-state index contributed by atoms with van der Waals surface area (Å²) in [6.07, 6.45) is 5.01. The van der Waals surface area contributed by atoms with E-state index in [1.807, 2.05) is 12.1 Å². The molecule has 0 spiro atoms. The molecule has 32 heavy (non-hydrogen) atoms. The maximum atomic E-state index is 13.1. The van der Waals surface area contributed by atoms with Crippen molar-refractivity contribution in [3.05, 3.63) is 71.9 Å². The molecule has 0 atom stereocenters. The minimum Gasteiger partial charge on any atom is -0.389 e. The van der Waals surface area contributed by atoms with Crippen LogP contribution in [0.1, 0.15) is 41.6 Å². The predicted octanol–water partition coefficient (Wildman–Crippen LogP) is 3.59. The first-order valence-corrected chi connectivity index (χ1v) is 12.7. The number of nitrogens with zero attached hydrogens (tertiary/aromatic N) is 2. The van der Waals surface area contributed by atoms with Gasteiger partial charge in [-0.25, -0.2) is 8.42 Å². The smallest absolute Gasteiger partial charge is 0.253 e. The van der Waals surface area contributed by atoms with Crippen molar-refractivity contribution in [3.8, 4) is 0 Å². The zero-order chi connectivity index (χ0) is 22.3. The van der Waals surface area contributed by atoms with E-state index >= 15 is 0 Å². The number of rotatable bonds is 5. The number of carbonyl (C=O) groups excluding carboxylic acids is 1. The molecule has 1 saturated carbocycles. The molecule has 2 heterocycles. The van der Waals surface area contributed by atoms with Crippen LogP contribution >= 0.6 is 0 Å². The Balaban J connectivity index is 1.29. The maximum absolute atomic E-state index is 13.1. The fourth-order valence-electron chi connectivity index (χ4n) is 4.68. The highest BCUT2D eigenvalue weighted by Gasteiger charge is 2.45. The van der Waals surface area contributed by atoms with Crippen molar-refractivity contribution in [2.75, 3.05) is 13.1 Å². The molecule has 7 heteroatoms. The van der Waals surface area contributed by atoms with Crippen LogP contribution < -0.4 is 0 Å². The monoisotopic (exact) mass is 450 g/mol. The van der Waals surface area contributed by atoms with Gasteiger partial charge in [-0.1, -0.05) is 30.3 Å². The number of para-hydroxylation sites is 1. The highest BCUT2D eigenvalue weighted by molar-refractivity contribution is 7.90. The second kappa shape index (κ2) is 7.98. The molecule has 2 fully saturated rings. The van der Waals surface area contributed by atoms with Crippen LogP contribution in [0.4, 0.5) is 0 Å². The Morgan fingerprint density at radius 2 is 1.72 bits per heavy atom. The molecule has 5 rings (SSSR count). The molecule has 1 saturated heterocycles. The third kappa shape index (κ3) is 4.02. The number of aromatic nitrogens is 1. The second-order valence-corrected chi connectivity index (χ2v) is 10.9. The Bertz CT molecular complexity index is 1250. The van der Waals surface area contributed by atoms with Crippen LogP contribution in [0.15, 0.2) is 65.7 Å². The topological polar surface area (TPSA) is 87.6 Å². The second-order valence-electron chi connectivity index (χ2n) is 8.96. The van der Waals surface area contributed by atoms with E-state index < -0.39 is 15.4 Å². The summed E-state index contributed by atoms with van der Waals surface area (Å²) in [7, 11) is -3.59. The quantitative estimate of drug-likeness (QED) is 0.642. The minimum atomic E-state index is -3.59. The van der Waals surface area contributed by atoms with Crippen molar-refractivity contribution in [2.24, 2.45) is 5.92 Å². The third-order valence-electron chi connectivity index (χ3n) is 6.74. The minimum absolute atomic E-state index is 0.0736. The van der Waals surface area contributed by atoms with Crippen LogP contribution in [0.2, 0.25) is 0 Å². The number of piperidine rings is 1.